The second kappa shape index (κ2) is 2.35. The van der Waals surface area contributed by atoms with E-state index in [-0.39, 0.29) is 0 Å². The summed E-state index contributed by atoms with van der Waals surface area (Å²) in [4.78, 5) is 0. The maximum Gasteiger partial charge on any atom is 0.121 e. The van der Waals surface area contributed by atoms with E-state index in [0.29, 0.717) is 0 Å². The molecule has 3 heteroatoms. The zero-order valence-electron chi connectivity index (χ0n) is 4.77. The van der Waals surface area contributed by atoms with Gasteiger partial charge in [-0.2, -0.15) is 0 Å². The van der Waals surface area contributed by atoms with E-state index in [1.807, 2.05) is 12.2 Å². The van der Waals surface area contributed by atoms with Crippen LogP contribution in [0.15, 0.2) is 23.9 Å². The summed E-state index contributed by atoms with van der Waals surface area (Å²) in [6.45, 7) is 0. The summed E-state index contributed by atoms with van der Waals surface area (Å²) in [6, 6.07) is 0. The molecule has 1 unspecified atom stereocenters. The molecule has 1 aliphatic carbocycles. The van der Waals surface area contributed by atoms with Crippen molar-refractivity contribution in [1.29, 1.82) is 0 Å². The van der Waals surface area contributed by atoms with Crippen molar-refractivity contribution >= 4 is 27.5 Å². The van der Waals surface area contributed by atoms with Crippen molar-refractivity contribution < 1.29 is 0 Å². The largest absolute Gasteiger partial charge is 0.399 e. The number of hydrogen-bond donors (Lipinski definition) is 1. The van der Waals surface area contributed by atoms with Gasteiger partial charge < -0.3 is 5.73 Å². The van der Waals surface area contributed by atoms with Crippen molar-refractivity contribution in [3.8, 4) is 0 Å². The van der Waals surface area contributed by atoms with Crippen LogP contribution in [0.3, 0.4) is 0 Å². The van der Waals surface area contributed by atoms with Crippen molar-refractivity contribution in [2.75, 3.05) is 0 Å². The van der Waals surface area contributed by atoms with Gasteiger partial charge in [0.15, 0.2) is 0 Å². The summed E-state index contributed by atoms with van der Waals surface area (Å²) in [5, 5.41) is 0. The fourth-order valence-corrected chi connectivity index (χ4v) is 1.04. The molecule has 1 atom stereocenters. The molecule has 9 heavy (non-hydrogen) atoms. The van der Waals surface area contributed by atoms with Crippen LogP contribution in [-0.4, -0.2) is 3.78 Å². The van der Waals surface area contributed by atoms with Gasteiger partial charge in [-0.1, -0.05) is 28.1 Å². The van der Waals surface area contributed by atoms with Crippen LogP contribution in [0, 0.1) is 0 Å². The molecular formula is C6H7BrClN. The van der Waals surface area contributed by atoms with Gasteiger partial charge in [-0.15, -0.1) is 11.6 Å². The first kappa shape index (κ1) is 7.16. The topological polar surface area (TPSA) is 26.0 Å². The summed E-state index contributed by atoms with van der Waals surface area (Å²) in [6.07, 6.45) is 6.27. The molecule has 0 fully saturated rings. The van der Waals surface area contributed by atoms with Gasteiger partial charge in [0.05, 0.1) is 0 Å². The van der Waals surface area contributed by atoms with Crippen LogP contribution in [-0.2, 0) is 0 Å². The second-order valence-electron chi connectivity index (χ2n) is 2.00. The Kier molecular flexibility index (Phi) is 1.87. The van der Waals surface area contributed by atoms with Crippen LogP contribution in [0.2, 0.25) is 0 Å². The summed E-state index contributed by atoms with van der Waals surface area (Å²) in [7, 11) is 0. The van der Waals surface area contributed by atoms with Gasteiger partial charge in [-0.05, 0) is 6.08 Å². The lowest BCUT2D eigenvalue weighted by atomic mass is 10.1. The highest BCUT2D eigenvalue weighted by Crippen LogP contribution is 2.32. The van der Waals surface area contributed by atoms with E-state index in [1.165, 1.54) is 0 Å². The zero-order valence-corrected chi connectivity index (χ0v) is 7.11. The Labute approximate surface area is 67.7 Å². The maximum atomic E-state index is 5.87. The lowest BCUT2D eigenvalue weighted by molar-refractivity contribution is 0.973. The van der Waals surface area contributed by atoms with Crippen LogP contribution in [0.1, 0.15) is 6.42 Å². The third-order valence-electron chi connectivity index (χ3n) is 1.13. The van der Waals surface area contributed by atoms with Crippen LogP contribution in [0.4, 0.5) is 0 Å². The van der Waals surface area contributed by atoms with Crippen molar-refractivity contribution in [3.05, 3.63) is 23.9 Å². The average molecular weight is 208 g/mol. The Hall–Kier alpha value is 0.0500. The first-order chi connectivity index (χ1) is 4.10. The van der Waals surface area contributed by atoms with E-state index < -0.39 is 3.78 Å². The number of hydrogen-bond acceptors (Lipinski definition) is 1. The number of alkyl halides is 2. The quantitative estimate of drug-likeness (QED) is 0.606. The molecule has 0 saturated heterocycles. The van der Waals surface area contributed by atoms with E-state index in [1.54, 1.807) is 6.08 Å². The van der Waals surface area contributed by atoms with Crippen LogP contribution >= 0.6 is 27.5 Å². The van der Waals surface area contributed by atoms with E-state index in [4.69, 9.17) is 17.3 Å². The zero-order chi connectivity index (χ0) is 6.91. The Morgan fingerprint density at radius 3 is 2.78 bits per heavy atom. The predicted octanol–water partition coefficient (Wildman–Crippen LogP) is 2.12. The van der Waals surface area contributed by atoms with Gasteiger partial charge >= 0.3 is 0 Å². The third-order valence-corrected chi connectivity index (χ3v) is 2.00. The molecule has 50 valence electrons. The Morgan fingerprint density at radius 2 is 2.44 bits per heavy atom. The fourth-order valence-electron chi connectivity index (χ4n) is 0.608. The van der Waals surface area contributed by atoms with Gasteiger partial charge in [0.25, 0.3) is 0 Å². The van der Waals surface area contributed by atoms with Gasteiger partial charge in [-0.3, -0.25) is 0 Å². The van der Waals surface area contributed by atoms with E-state index in [0.717, 1.165) is 12.1 Å². The van der Waals surface area contributed by atoms with Gasteiger partial charge in [0, 0.05) is 12.1 Å². The minimum Gasteiger partial charge on any atom is -0.399 e. The number of halogens is 2. The molecule has 0 aromatic heterocycles. The molecule has 0 heterocycles. The molecule has 0 saturated carbocycles. The first-order valence-corrected chi connectivity index (χ1v) is 3.80. The molecule has 0 radical (unpaired) electrons. The Bertz CT molecular complexity index is 172. The van der Waals surface area contributed by atoms with E-state index >= 15 is 0 Å². The molecule has 2 N–H and O–H groups in total. The molecule has 1 nitrogen and oxygen atoms in total. The SMILES string of the molecule is NC1=CCC(Cl)(Br)C=C1. The Balaban J connectivity index is 2.70. The number of nitrogens with two attached hydrogens (primary N) is 1. The van der Waals surface area contributed by atoms with Gasteiger partial charge in [-0.25, -0.2) is 0 Å². The summed E-state index contributed by atoms with van der Waals surface area (Å²) in [5.74, 6) is 0. The van der Waals surface area contributed by atoms with Crippen LogP contribution in [0.5, 0.6) is 0 Å². The van der Waals surface area contributed by atoms with E-state index in [2.05, 4.69) is 15.9 Å². The Morgan fingerprint density at radius 1 is 1.78 bits per heavy atom. The number of allylic oxidation sites excluding steroid dienone is 3. The minimum absolute atomic E-state index is 0.393. The highest BCUT2D eigenvalue weighted by atomic mass is 79.9. The third kappa shape index (κ3) is 2.03. The van der Waals surface area contributed by atoms with Gasteiger partial charge in [0.2, 0.25) is 0 Å². The highest BCUT2D eigenvalue weighted by molar-refractivity contribution is 9.10. The minimum atomic E-state index is -0.393. The monoisotopic (exact) mass is 207 g/mol. The van der Waals surface area contributed by atoms with Gasteiger partial charge in [0.1, 0.15) is 3.78 Å². The summed E-state index contributed by atoms with van der Waals surface area (Å²) in [5.41, 5.74) is 6.23. The molecular weight excluding hydrogens is 201 g/mol. The van der Waals surface area contributed by atoms with E-state index in [9.17, 15) is 0 Å². The highest BCUT2D eigenvalue weighted by Gasteiger charge is 2.19. The lowest BCUT2D eigenvalue weighted by Crippen LogP contribution is -2.11. The molecule has 1 rings (SSSR count). The van der Waals surface area contributed by atoms with Crippen LogP contribution in [0.25, 0.3) is 0 Å². The average Bonchev–Trinajstić information content (AvgIpc) is 1.78. The smallest absolute Gasteiger partial charge is 0.121 e. The molecule has 0 aromatic rings. The predicted molar refractivity (Wildman–Crippen MR) is 43.5 cm³/mol. The summed E-state index contributed by atoms with van der Waals surface area (Å²) >= 11 is 9.17. The molecule has 0 aliphatic heterocycles. The molecule has 0 amide bonds. The molecule has 1 aliphatic rings. The standard InChI is InChI=1S/C6H7BrClN/c7-6(8)3-1-5(9)2-4-6/h1-3H,4,9H2. The van der Waals surface area contributed by atoms with Crippen LogP contribution < -0.4 is 5.73 Å². The first-order valence-electron chi connectivity index (χ1n) is 2.63. The van der Waals surface area contributed by atoms with Crippen molar-refractivity contribution in [1.82, 2.24) is 0 Å². The molecule has 0 bridgehead atoms. The van der Waals surface area contributed by atoms with Crippen molar-refractivity contribution in [2.45, 2.75) is 10.2 Å². The lowest BCUT2D eigenvalue weighted by Gasteiger charge is -2.16. The molecule has 0 spiro atoms. The fraction of sp³-hybridized carbons (Fsp3) is 0.333. The summed E-state index contributed by atoms with van der Waals surface area (Å²) < 4.78 is -0.393. The van der Waals surface area contributed by atoms with Crippen molar-refractivity contribution in [2.24, 2.45) is 5.73 Å². The normalized spacial score (nSPS) is 34.2. The number of rotatable bonds is 0. The molecule has 0 aromatic carbocycles. The maximum absolute atomic E-state index is 5.87. The second-order valence-corrected chi connectivity index (χ2v) is 4.55. The van der Waals surface area contributed by atoms with Crippen molar-refractivity contribution in [3.63, 3.8) is 0 Å².